The molecule has 1 heterocycles. The van der Waals surface area contributed by atoms with E-state index in [0.717, 1.165) is 45.4 Å². The number of carbonyl (C=O) groups is 1. The summed E-state index contributed by atoms with van der Waals surface area (Å²) in [5.41, 5.74) is 0. The quantitative estimate of drug-likeness (QED) is 0.627. The molecule has 1 aliphatic heterocycles. The lowest BCUT2D eigenvalue weighted by Gasteiger charge is -2.19. The highest BCUT2D eigenvalue weighted by Gasteiger charge is 2.13. The number of nitrogens with one attached hydrogen (secondary N) is 1. The molecule has 0 aliphatic carbocycles. The summed E-state index contributed by atoms with van der Waals surface area (Å²) in [7, 11) is 0. The van der Waals surface area contributed by atoms with Gasteiger partial charge in [0.1, 0.15) is 0 Å². The minimum Gasteiger partial charge on any atom is -0.396 e. The zero-order valence-corrected chi connectivity index (χ0v) is 8.67. The Bertz CT molecular complexity index is 166. The summed E-state index contributed by atoms with van der Waals surface area (Å²) >= 11 is 0. The molecule has 4 heteroatoms. The van der Waals surface area contributed by atoms with Gasteiger partial charge in [-0.25, -0.2) is 0 Å². The molecule has 4 nitrogen and oxygen atoms in total. The number of nitrogens with zero attached hydrogens (tertiary/aromatic N) is 1. The first-order valence-corrected chi connectivity index (χ1v) is 5.44. The Kier molecular flexibility index (Phi) is 5.56. The van der Waals surface area contributed by atoms with Crippen LogP contribution in [0.25, 0.3) is 0 Å². The lowest BCUT2D eigenvalue weighted by Crippen LogP contribution is -2.33. The highest BCUT2D eigenvalue weighted by molar-refractivity contribution is 5.76. The average molecular weight is 200 g/mol. The Morgan fingerprint density at radius 3 is 2.93 bits per heavy atom. The van der Waals surface area contributed by atoms with Crippen molar-refractivity contribution in [1.82, 2.24) is 10.2 Å². The Balaban J connectivity index is 2.20. The SMILES string of the molecule is O=C(CCCCO)N1CCCNCC1. The van der Waals surface area contributed by atoms with Gasteiger partial charge in [0.2, 0.25) is 5.91 Å². The van der Waals surface area contributed by atoms with Gasteiger partial charge in [-0.15, -0.1) is 0 Å². The predicted molar refractivity (Wildman–Crippen MR) is 55.0 cm³/mol. The maximum atomic E-state index is 11.6. The van der Waals surface area contributed by atoms with Crippen molar-refractivity contribution in [1.29, 1.82) is 0 Å². The van der Waals surface area contributed by atoms with E-state index in [9.17, 15) is 4.79 Å². The molecule has 0 bridgehead atoms. The Morgan fingerprint density at radius 1 is 1.29 bits per heavy atom. The van der Waals surface area contributed by atoms with Crippen LogP contribution in [0.3, 0.4) is 0 Å². The van der Waals surface area contributed by atoms with Crippen LogP contribution >= 0.6 is 0 Å². The van der Waals surface area contributed by atoms with Crippen molar-refractivity contribution >= 4 is 5.91 Å². The van der Waals surface area contributed by atoms with Crippen molar-refractivity contribution in [2.75, 3.05) is 32.8 Å². The number of hydrogen-bond acceptors (Lipinski definition) is 3. The molecule has 0 aromatic rings. The number of hydrogen-bond donors (Lipinski definition) is 2. The van der Waals surface area contributed by atoms with E-state index in [4.69, 9.17) is 5.11 Å². The molecule has 0 aromatic heterocycles. The van der Waals surface area contributed by atoms with E-state index in [1.54, 1.807) is 0 Å². The van der Waals surface area contributed by atoms with Crippen LogP contribution in [-0.2, 0) is 4.79 Å². The lowest BCUT2D eigenvalue weighted by atomic mass is 10.2. The molecule has 0 aromatic carbocycles. The van der Waals surface area contributed by atoms with Crippen LogP contribution in [0.1, 0.15) is 25.7 Å². The first-order chi connectivity index (χ1) is 6.84. The number of unbranched alkanes of at least 4 members (excludes halogenated alkanes) is 1. The molecular weight excluding hydrogens is 180 g/mol. The minimum atomic E-state index is 0.189. The number of amides is 1. The van der Waals surface area contributed by atoms with Crippen molar-refractivity contribution in [3.63, 3.8) is 0 Å². The van der Waals surface area contributed by atoms with Gasteiger partial charge in [-0.05, 0) is 25.8 Å². The van der Waals surface area contributed by atoms with Crippen LogP contribution in [0.4, 0.5) is 0 Å². The van der Waals surface area contributed by atoms with E-state index in [1.807, 2.05) is 4.90 Å². The van der Waals surface area contributed by atoms with Crippen LogP contribution in [0.15, 0.2) is 0 Å². The summed E-state index contributed by atoms with van der Waals surface area (Å²) in [5, 5.41) is 11.9. The topological polar surface area (TPSA) is 52.6 Å². The van der Waals surface area contributed by atoms with Crippen LogP contribution in [0.2, 0.25) is 0 Å². The van der Waals surface area contributed by atoms with E-state index < -0.39 is 0 Å². The van der Waals surface area contributed by atoms with Gasteiger partial charge in [0, 0.05) is 32.7 Å². The van der Waals surface area contributed by atoms with Crippen molar-refractivity contribution in [2.24, 2.45) is 0 Å². The Labute approximate surface area is 85.3 Å². The normalized spacial score (nSPS) is 17.9. The fourth-order valence-corrected chi connectivity index (χ4v) is 1.64. The second-order valence-corrected chi connectivity index (χ2v) is 3.67. The third-order valence-corrected chi connectivity index (χ3v) is 2.49. The number of rotatable bonds is 4. The largest absolute Gasteiger partial charge is 0.396 e. The van der Waals surface area contributed by atoms with Gasteiger partial charge < -0.3 is 15.3 Å². The predicted octanol–water partition coefficient (Wildman–Crippen LogP) is -0.0291. The maximum absolute atomic E-state index is 11.6. The third-order valence-electron chi connectivity index (χ3n) is 2.49. The molecule has 0 saturated carbocycles. The zero-order valence-electron chi connectivity index (χ0n) is 8.67. The van der Waals surface area contributed by atoms with Gasteiger partial charge in [-0.1, -0.05) is 0 Å². The molecule has 82 valence electrons. The monoisotopic (exact) mass is 200 g/mol. The minimum absolute atomic E-state index is 0.189. The van der Waals surface area contributed by atoms with Crippen LogP contribution in [0.5, 0.6) is 0 Å². The van der Waals surface area contributed by atoms with Gasteiger partial charge in [0.05, 0.1) is 0 Å². The summed E-state index contributed by atoms with van der Waals surface area (Å²) in [6.45, 7) is 3.82. The fraction of sp³-hybridized carbons (Fsp3) is 0.900. The zero-order chi connectivity index (χ0) is 10.2. The second-order valence-electron chi connectivity index (χ2n) is 3.67. The number of aliphatic hydroxyl groups is 1. The summed E-state index contributed by atoms with van der Waals surface area (Å²) < 4.78 is 0. The fourth-order valence-electron chi connectivity index (χ4n) is 1.64. The molecule has 1 aliphatic rings. The van der Waals surface area contributed by atoms with Crippen LogP contribution in [0, 0.1) is 0 Å². The Hall–Kier alpha value is -0.610. The van der Waals surface area contributed by atoms with Gasteiger partial charge in [0.25, 0.3) is 0 Å². The van der Waals surface area contributed by atoms with E-state index >= 15 is 0 Å². The standard InChI is InChI=1S/C10H20N2O2/c13-9-2-1-4-10(14)12-7-3-5-11-6-8-12/h11,13H,1-9H2. The molecule has 1 rings (SSSR count). The summed E-state index contributed by atoms with van der Waals surface area (Å²) in [5.74, 6) is 0.238. The molecule has 0 atom stereocenters. The van der Waals surface area contributed by atoms with E-state index in [1.165, 1.54) is 0 Å². The van der Waals surface area contributed by atoms with Crippen molar-refractivity contribution in [2.45, 2.75) is 25.7 Å². The molecule has 0 radical (unpaired) electrons. The van der Waals surface area contributed by atoms with Gasteiger partial charge in [0.15, 0.2) is 0 Å². The van der Waals surface area contributed by atoms with Crippen molar-refractivity contribution < 1.29 is 9.90 Å². The molecule has 1 saturated heterocycles. The van der Waals surface area contributed by atoms with Gasteiger partial charge in [-0.3, -0.25) is 4.79 Å². The smallest absolute Gasteiger partial charge is 0.222 e. The molecule has 1 amide bonds. The molecule has 1 fully saturated rings. The molecule has 0 spiro atoms. The summed E-state index contributed by atoms with van der Waals surface area (Å²) in [6.07, 6.45) is 3.17. The van der Waals surface area contributed by atoms with Crippen LogP contribution < -0.4 is 5.32 Å². The highest BCUT2D eigenvalue weighted by atomic mass is 16.3. The highest BCUT2D eigenvalue weighted by Crippen LogP contribution is 2.02. The van der Waals surface area contributed by atoms with Crippen molar-refractivity contribution in [3.8, 4) is 0 Å². The lowest BCUT2D eigenvalue weighted by molar-refractivity contribution is -0.131. The van der Waals surface area contributed by atoms with E-state index in [-0.39, 0.29) is 12.5 Å². The summed E-state index contributed by atoms with van der Waals surface area (Å²) in [4.78, 5) is 13.6. The van der Waals surface area contributed by atoms with Gasteiger partial charge in [-0.2, -0.15) is 0 Å². The Morgan fingerprint density at radius 2 is 2.14 bits per heavy atom. The van der Waals surface area contributed by atoms with Gasteiger partial charge >= 0.3 is 0 Å². The number of aliphatic hydroxyl groups excluding tert-OH is 1. The number of carbonyl (C=O) groups excluding carboxylic acids is 1. The van der Waals surface area contributed by atoms with Crippen LogP contribution in [-0.4, -0.2) is 48.7 Å². The van der Waals surface area contributed by atoms with Crippen molar-refractivity contribution in [3.05, 3.63) is 0 Å². The molecule has 0 unspecified atom stereocenters. The molecular formula is C10H20N2O2. The third kappa shape index (κ3) is 4.07. The maximum Gasteiger partial charge on any atom is 0.222 e. The second kappa shape index (κ2) is 6.79. The average Bonchev–Trinajstić information content (AvgIpc) is 2.46. The first kappa shape index (κ1) is 11.5. The molecule has 2 N–H and O–H groups in total. The first-order valence-electron chi connectivity index (χ1n) is 5.44. The summed E-state index contributed by atoms with van der Waals surface area (Å²) in [6, 6.07) is 0. The molecule has 14 heavy (non-hydrogen) atoms. The van der Waals surface area contributed by atoms with E-state index in [2.05, 4.69) is 5.32 Å². The van der Waals surface area contributed by atoms with E-state index in [0.29, 0.717) is 6.42 Å².